The van der Waals surface area contributed by atoms with Gasteiger partial charge in [-0.05, 0) is 37.3 Å². The highest BCUT2D eigenvalue weighted by atomic mass is 32.1. The number of halogens is 1. The van der Waals surface area contributed by atoms with Crippen LogP contribution >= 0.6 is 11.3 Å². The molecule has 19 heavy (non-hydrogen) atoms. The van der Waals surface area contributed by atoms with Gasteiger partial charge in [0.1, 0.15) is 10.8 Å². The van der Waals surface area contributed by atoms with E-state index in [1.807, 2.05) is 12.3 Å². The molecule has 0 saturated heterocycles. The Labute approximate surface area is 114 Å². The second-order valence-electron chi connectivity index (χ2n) is 3.81. The fourth-order valence-corrected chi connectivity index (χ4v) is 2.28. The van der Waals surface area contributed by atoms with E-state index in [2.05, 4.69) is 10.3 Å². The van der Waals surface area contributed by atoms with Crippen LogP contribution in [0.15, 0.2) is 35.7 Å². The molecule has 0 atom stereocenters. The minimum atomic E-state index is -0.267. The fraction of sp³-hybridized carbons (Fsp3) is 0.143. The van der Waals surface area contributed by atoms with Crippen molar-refractivity contribution in [3.8, 4) is 10.6 Å². The molecule has 5 heteroatoms. The van der Waals surface area contributed by atoms with E-state index < -0.39 is 0 Å². The van der Waals surface area contributed by atoms with Gasteiger partial charge in [-0.3, -0.25) is 4.79 Å². The van der Waals surface area contributed by atoms with Crippen LogP contribution in [0.4, 0.5) is 4.39 Å². The molecule has 0 radical (unpaired) electrons. The van der Waals surface area contributed by atoms with Crippen molar-refractivity contribution < 1.29 is 9.18 Å². The summed E-state index contributed by atoms with van der Waals surface area (Å²) in [4.78, 5) is 15.6. The number of nitrogens with zero attached hydrogens (tertiary/aromatic N) is 1. The number of amides is 1. The van der Waals surface area contributed by atoms with Crippen molar-refractivity contribution in [3.63, 3.8) is 0 Å². The minimum absolute atomic E-state index is 0.140. The van der Waals surface area contributed by atoms with Crippen LogP contribution < -0.4 is 5.32 Å². The van der Waals surface area contributed by atoms with E-state index in [0.717, 1.165) is 16.3 Å². The number of hydrogen-bond donors (Lipinski definition) is 1. The van der Waals surface area contributed by atoms with Gasteiger partial charge in [-0.15, -0.1) is 11.3 Å². The van der Waals surface area contributed by atoms with E-state index in [1.54, 1.807) is 18.2 Å². The molecule has 0 unspecified atom stereocenters. The smallest absolute Gasteiger partial charge is 0.244 e. The van der Waals surface area contributed by atoms with Gasteiger partial charge >= 0.3 is 0 Å². The Morgan fingerprint density at radius 1 is 1.42 bits per heavy atom. The number of nitrogens with one attached hydrogen (secondary N) is 1. The standard InChI is InChI=1S/C14H13FN2OS/c1-2-16-13(18)8-7-12-9-19-14(17-12)10-3-5-11(15)6-4-10/h3-9H,2H2,1H3,(H,16,18)/b8-7+. The predicted molar refractivity (Wildman–Crippen MR) is 75.2 cm³/mol. The summed E-state index contributed by atoms with van der Waals surface area (Å²) in [6, 6.07) is 6.18. The van der Waals surface area contributed by atoms with Crippen molar-refractivity contribution in [2.24, 2.45) is 0 Å². The fourth-order valence-electron chi connectivity index (χ4n) is 1.48. The lowest BCUT2D eigenvalue weighted by molar-refractivity contribution is -0.116. The van der Waals surface area contributed by atoms with Crippen LogP contribution in [-0.2, 0) is 4.79 Å². The maximum atomic E-state index is 12.8. The van der Waals surface area contributed by atoms with Crippen LogP contribution in [0.2, 0.25) is 0 Å². The van der Waals surface area contributed by atoms with Crippen LogP contribution in [0.25, 0.3) is 16.6 Å². The third-order valence-electron chi connectivity index (χ3n) is 2.37. The largest absolute Gasteiger partial charge is 0.353 e. The number of hydrogen-bond acceptors (Lipinski definition) is 3. The summed E-state index contributed by atoms with van der Waals surface area (Å²) >= 11 is 1.46. The van der Waals surface area contributed by atoms with Crippen molar-refractivity contribution in [3.05, 3.63) is 47.2 Å². The minimum Gasteiger partial charge on any atom is -0.353 e. The molecule has 1 aromatic heterocycles. The Morgan fingerprint density at radius 2 is 2.16 bits per heavy atom. The molecule has 0 saturated carbocycles. The second-order valence-corrected chi connectivity index (χ2v) is 4.67. The van der Waals surface area contributed by atoms with Gasteiger partial charge in [0.05, 0.1) is 5.69 Å². The zero-order chi connectivity index (χ0) is 13.7. The highest BCUT2D eigenvalue weighted by Gasteiger charge is 2.03. The number of likely N-dealkylation sites (N-methyl/N-ethyl adjacent to an activating group) is 1. The molecule has 0 fully saturated rings. The van der Waals surface area contributed by atoms with E-state index in [0.29, 0.717) is 6.54 Å². The average molecular weight is 276 g/mol. The van der Waals surface area contributed by atoms with E-state index in [9.17, 15) is 9.18 Å². The van der Waals surface area contributed by atoms with Gasteiger partial charge in [-0.1, -0.05) is 0 Å². The Kier molecular flexibility index (Phi) is 4.41. The van der Waals surface area contributed by atoms with Crippen molar-refractivity contribution in [2.75, 3.05) is 6.54 Å². The maximum absolute atomic E-state index is 12.8. The van der Waals surface area contributed by atoms with Crippen molar-refractivity contribution in [1.29, 1.82) is 0 Å². The number of benzene rings is 1. The lowest BCUT2D eigenvalue weighted by atomic mass is 10.2. The zero-order valence-electron chi connectivity index (χ0n) is 10.4. The summed E-state index contributed by atoms with van der Waals surface area (Å²) < 4.78 is 12.8. The molecule has 2 rings (SSSR count). The van der Waals surface area contributed by atoms with E-state index in [4.69, 9.17) is 0 Å². The SMILES string of the molecule is CCNC(=O)/C=C/c1csc(-c2ccc(F)cc2)n1. The number of thiazole rings is 1. The molecule has 0 aliphatic heterocycles. The van der Waals surface area contributed by atoms with E-state index in [1.165, 1.54) is 29.5 Å². The Balaban J connectivity index is 2.11. The molecule has 0 bridgehead atoms. The number of rotatable bonds is 4. The van der Waals surface area contributed by atoms with Crippen molar-refractivity contribution in [1.82, 2.24) is 10.3 Å². The third-order valence-corrected chi connectivity index (χ3v) is 3.28. The monoisotopic (exact) mass is 276 g/mol. The molecular formula is C14H13FN2OS. The number of carbonyl (C=O) groups excluding carboxylic acids is 1. The Morgan fingerprint density at radius 3 is 2.84 bits per heavy atom. The number of aromatic nitrogens is 1. The first-order valence-corrected chi connectivity index (χ1v) is 6.74. The molecule has 1 heterocycles. The molecule has 98 valence electrons. The van der Waals surface area contributed by atoms with Crippen molar-refractivity contribution >= 4 is 23.3 Å². The number of carbonyl (C=O) groups is 1. The lowest BCUT2D eigenvalue weighted by Gasteiger charge is -1.95. The normalized spacial score (nSPS) is 10.8. The average Bonchev–Trinajstić information content (AvgIpc) is 2.86. The van der Waals surface area contributed by atoms with Gasteiger partial charge in [0.2, 0.25) is 5.91 Å². The second kappa shape index (κ2) is 6.24. The van der Waals surface area contributed by atoms with Gasteiger partial charge in [0, 0.05) is 23.6 Å². The topological polar surface area (TPSA) is 42.0 Å². The van der Waals surface area contributed by atoms with Gasteiger partial charge in [0.15, 0.2) is 0 Å². The summed E-state index contributed by atoms with van der Waals surface area (Å²) in [6.45, 7) is 2.46. The molecule has 3 nitrogen and oxygen atoms in total. The summed E-state index contributed by atoms with van der Waals surface area (Å²) in [5.41, 5.74) is 1.58. The summed E-state index contributed by atoms with van der Waals surface area (Å²) in [6.07, 6.45) is 3.11. The molecule has 1 amide bonds. The molecular weight excluding hydrogens is 263 g/mol. The Hall–Kier alpha value is -2.01. The first-order chi connectivity index (χ1) is 9.19. The maximum Gasteiger partial charge on any atom is 0.244 e. The van der Waals surface area contributed by atoms with Gasteiger partial charge in [-0.2, -0.15) is 0 Å². The lowest BCUT2D eigenvalue weighted by Crippen LogP contribution is -2.19. The van der Waals surface area contributed by atoms with Crippen molar-refractivity contribution in [2.45, 2.75) is 6.92 Å². The molecule has 0 aliphatic carbocycles. The molecule has 1 aromatic carbocycles. The van der Waals surface area contributed by atoms with Crippen LogP contribution in [-0.4, -0.2) is 17.4 Å². The first kappa shape index (κ1) is 13.4. The predicted octanol–water partition coefficient (Wildman–Crippen LogP) is 3.10. The summed E-state index contributed by atoms with van der Waals surface area (Å²) in [5, 5.41) is 5.33. The molecule has 0 spiro atoms. The van der Waals surface area contributed by atoms with Crippen LogP contribution in [0.5, 0.6) is 0 Å². The zero-order valence-corrected chi connectivity index (χ0v) is 11.2. The van der Waals surface area contributed by atoms with E-state index >= 15 is 0 Å². The quantitative estimate of drug-likeness (QED) is 0.872. The van der Waals surface area contributed by atoms with Gasteiger partial charge < -0.3 is 5.32 Å². The summed E-state index contributed by atoms with van der Waals surface area (Å²) in [7, 11) is 0. The first-order valence-electron chi connectivity index (χ1n) is 5.86. The highest BCUT2D eigenvalue weighted by Crippen LogP contribution is 2.24. The third kappa shape index (κ3) is 3.72. The molecule has 0 aliphatic rings. The van der Waals surface area contributed by atoms with Gasteiger partial charge in [0.25, 0.3) is 0 Å². The van der Waals surface area contributed by atoms with Crippen LogP contribution in [0.3, 0.4) is 0 Å². The van der Waals surface area contributed by atoms with E-state index in [-0.39, 0.29) is 11.7 Å². The highest BCUT2D eigenvalue weighted by molar-refractivity contribution is 7.13. The van der Waals surface area contributed by atoms with Crippen LogP contribution in [0, 0.1) is 5.82 Å². The summed E-state index contributed by atoms with van der Waals surface area (Å²) in [5.74, 6) is -0.407. The molecule has 2 aromatic rings. The van der Waals surface area contributed by atoms with Crippen LogP contribution in [0.1, 0.15) is 12.6 Å². The Bertz CT molecular complexity index is 590. The van der Waals surface area contributed by atoms with Gasteiger partial charge in [-0.25, -0.2) is 9.37 Å². The molecule has 1 N–H and O–H groups in total.